The maximum absolute atomic E-state index is 14.6. The van der Waals surface area contributed by atoms with E-state index in [1.165, 1.54) is 25.1 Å². The van der Waals surface area contributed by atoms with Gasteiger partial charge in [0.05, 0.1) is 27.6 Å². The lowest BCUT2D eigenvalue weighted by Crippen LogP contribution is -2.73. The number of allylic oxidation sites excluding steroid dienone is 1. The summed E-state index contributed by atoms with van der Waals surface area (Å²) in [6, 6.07) is 9.11. The Hall–Kier alpha value is -3.63. The number of phenolic OH excluding ortho intramolecular Hbond substituents is 1. The van der Waals surface area contributed by atoms with Crippen LogP contribution in [0.2, 0.25) is 0 Å². The third-order valence-corrected chi connectivity index (χ3v) is 11.9. The molecule has 9 nitrogen and oxygen atoms in total. The zero-order valence-corrected chi connectivity index (χ0v) is 27.8. The number of fused-ring (bicyclic) bond motifs is 3. The smallest absolute Gasteiger partial charge is 0.262 e. The Bertz CT molecular complexity index is 1810. The molecule has 240 valence electrons. The van der Waals surface area contributed by atoms with Crippen molar-refractivity contribution < 1.29 is 37.8 Å². The Labute approximate surface area is 264 Å². The van der Waals surface area contributed by atoms with Crippen LogP contribution in [0.3, 0.4) is 0 Å². The lowest BCUT2D eigenvalue weighted by molar-refractivity contribution is -0.192. The molecule has 0 radical (unpaired) electrons. The first-order valence-electron chi connectivity index (χ1n) is 15.3. The molecule has 1 fully saturated rings. The van der Waals surface area contributed by atoms with E-state index in [0.717, 1.165) is 0 Å². The van der Waals surface area contributed by atoms with Crippen LogP contribution >= 0.6 is 0 Å². The van der Waals surface area contributed by atoms with E-state index in [4.69, 9.17) is 0 Å². The van der Waals surface area contributed by atoms with Crippen LogP contribution in [0.25, 0.3) is 0 Å². The molecule has 1 saturated carbocycles. The third kappa shape index (κ3) is 4.47. The van der Waals surface area contributed by atoms with E-state index in [2.05, 4.69) is 4.72 Å². The minimum Gasteiger partial charge on any atom is -0.505 e. The Balaban J connectivity index is 1.72. The molecule has 0 spiro atoms. The molecule has 5 atom stereocenters. The highest BCUT2D eigenvalue weighted by Gasteiger charge is 2.73. The van der Waals surface area contributed by atoms with Crippen LogP contribution in [0.1, 0.15) is 89.2 Å². The molecule has 2 aromatic carbocycles. The second-order valence-corrected chi connectivity index (χ2v) is 15.9. The molecule has 0 amide bonds. The van der Waals surface area contributed by atoms with Crippen molar-refractivity contribution in [2.45, 2.75) is 84.6 Å². The van der Waals surface area contributed by atoms with E-state index in [0.29, 0.717) is 16.7 Å². The topological polar surface area (TPSA) is 155 Å². The van der Waals surface area contributed by atoms with Crippen molar-refractivity contribution in [2.75, 3.05) is 4.72 Å². The molecule has 3 N–H and O–H groups in total. The normalized spacial score (nSPS) is 29.9. The number of rotatable bonds is 6. The Morgan fingerprint density at radius 1 is 1.04 bits per heavy atom. The summed E-state index contributed by atoms with van der Waals surface area (Å²) in [6.07, 6.45) is 0.292. The summed E-state index contributed by atoms with van der Waals surface area (Å²) in [5.74, 6) is -6.32. The van der Waals surface area contributed by atoms with Crippen LogP contribution in [0, 0.1) is 28.6 Å². The van der Waals surface area contributed by atoms with E-state index < -0.39 is 67.2 Å². The number of carbonyl (C=O) groups excluding carboxylic acids is 4. The van der Waals surface area contributed by atoms with Gasteiger partial charge in [-0.25, -0.2) is 8.42 Å². The minimum atomic E-state index is -4.15. The minimum absolute atomic E-state index is 0.0452. The first-order valence-corrected chi connectivity index (χ1v) is 16.8. The van der Waals surface area contributed by atoms with Crippen LogP contribution in [-0.4, -0.2) is 47.4 Å². The average molecular weight is 636 g/mol. The van der Waals surface area contributed by atoms with Gasteiger partial charge in [-0.2, -0.15) is 0 Å². The highest BCUT2D eigenvalue weighted by Crippen LogP contribution is 2.65. The number of nitrogens with one attached hydrogen (secondary N) is 1. The van der Waals surface area contributed by atoms with Gasteiger partial charge in [0.2, 0.25) is 5.78 Å². The number of phenols is 1. The predicted molar refractivity (Wildman–Crippen MR) is 168 cm³/mol. The van der Waals surface area contributed by atoms with Crippen LogP contribution in [0.15, 0.2) is 52.4 Å². The maximum atomic E-state index is 14.6. The van der Waals surface area contributed by atoms with E-state index in [1.807, 2.05) is 27.7 Å². The lowest BCUT2D eigenvalue weighted by Gasteiger charge is -2.62. The molecular weight excluding hydrogens is 594 g/mol. The third-order valence-electron chi connectivity index (χ3n) is 10.5. The van der Waals surface area contributed by atoms with Gasteiger partial charge in [-0.15, -0.1) is 0 Å². The fraction of sp³-hybridized carbons (Fsp3) is 0.486. The lowest BCUT2D eigenvalue weighted by atomic mass is 9.40. The summed E-state index contributed by atoms with van der Waals surface area (Å²) >= 11 is 0. The van der Waals surface area contributed by atoms with Gasteiger partial charge in [0.25, 0.3) is 10.0 Å². The molecule has 0 aromatic heterocycles. The largest absolute Gasteiger partial charge is 0.505 e. The second kappa shape index (κ2) is 10.5. The molecule has 45 heavy (non-hydrogen) atoms. The molecule has 10 heteroatoms. The van der Waals surface area contributed by atoms with Crippen molar-refractivity contribution in [3.8, 4) is 5.75 Å². The number of hydrogen-bond acceptors (Lipinski definition) is 8. The first kappa shape index (κ1) is 32.8. The van der Waals surface area contributed by atoms with E-state index in [1.54, 1.807) is 39.0 Å². The molecule has 3 aliphatic carbocycles. The van der Waals surface area contributed by atoms with Gasteiger partial charge in [-0.1, -0.05) is 65.3 Å². The van der Waals surface area contributed by atoms with Gasteiger partial charge in [0, 0.05) is 5.41 Å². The summed E-state index contributed by atoms with van der Waals surface area (Å²) in [5.41, 5.74) is -3.97. The number of sulfonamides is 1. The van der Waals surface area contributed by atoms with Crippen LogP contribution in [0.5, 0.6) is 5.75 Å². The van der Waals surface area contributed by atoms with Crippen molar-refractivity contribution in [3.63, 3.8) is 0 Å². The number of aliphatic hydroxyl groups is 1. The van der Waals surface area contributed by atoms with Crippen molar-refractivity contribution in [3.05, 3.63) is 64.2 Å². The number of anilines is 1. The van der Waals surface area contributed by atoms with Gasteiger partial charge in [-0.3, -0.25) is 23.9 Å². The number of benzene rings is 2. The summed E-state index contributed by atoms with van der Waals surface area (Å²) in [5, 5.41) is 23.8. The van der Waals surface area contributed by atoms with Crippen molar-refractivity contribution in [1.82, 2.24) is 0 Å². The number of carbonyl (C=O) groups is 4. The molecule has 0 heterocycles. The number of aromatic hydroxyl groups is 1. The quantitative estimate of drug-likeness (QED) is 0.224. The van der Waals surface area contributed by atoms with Crippen molar-refractivity contribution in [1.29, 1.82) is 0 Å². The van der Waals surface area contributed by atoms with Gasteiger partial charge in [0.1, 0.15) is 0 Å². The molecule has 5 rings (SSSR count). The van der Waals surface area contributed by atoms with Crippen molar-refractivity contribution in [2.24, 2.45) is 28.6 Å². The molecule has 3 aliphatic rings. The SMILES string of the molecule is CC(=O)C1=C(C)[C@@H](C(C)C)[C@]2(C)C[C@]3(C)Cc4c(C(C)C)cc(NS(=O)(=O)c5ccccc5)c(O)c4C(=O)C3C(=O)[C@]2(O)C1=O. The zero-order chi connectivity index (χ0) is 33.6. The summed E-state index contributed by atoms with van der Waals surface area (Å²) < 4.78 is 28.8. The number of hydrogen-bond donors (Lipinski definition) is 3. The average Bonchev–Trinajstić information content (AvgIpc) is 2.92. The summed E-state index contributed by atoms with van der Waals surface area (Å²) in [7, 11) is -4.15. The summed E-state index contributed by atoms with van der Waals surface area (Å²) in [4.78, 5) is 55.8. The number of ketones is 4. The van der Waals surface area contributed by atoms with Gasteiger partial charge in [-0.05, 0) is 79.2 Å². The van der Waals surface area contributed by atoms with Crippen LogP contribution in [-0.2, 0) is 30.8 Å². The molecule has 0 bridgehead atoms. The fourth-order valence-corrected chi connectivity index (χ4v) is 10.1. The van der Waals surface area contributed by atoms with Gasteiger partial charge in [0.15, 0.2) is 28.7 Å². The van der Waals surface area contributed by atoms with E-state index in [9.17, 15) is 37.8 Å². The van der Waals surface area contributed by atoms with E-state index in [-0.39, 0.29) is 46.4 Å². The maximum Gasteiger partial charge on any atom is 0.262 e. The fourth-order valence-electron chi connectivity index (χ4n) is 8.98. The predicted octanol–water partition coefficient (Wildman–Crippen LogP) is 5.15. The monoisotopic (exact) mass is 635 g/mol. The van der Waals surface area contributed by atoms with Crippen LogP contribution in [0.4, 0.5) is 5.69 Å². The van der Waals surface area contributed by atoms with Gasteiger partial charge >= 0.3 is 0 Å². The highest BCUT2D eigenvalue weighted by molar-refractivity contribution is 7.92. The van der Waals surface area contributed by atoms with Gasteiger partial charge < -0.3 is 10.2 Å². The Morgan fingerprint density at radius 3 is 2.18 bits per heavy atom. The summed E-state index contributed by atoms with van der Waals surface area (Å²) in [6.45, 7) is 14.0. The standard InChI is InChI=1S/C35H41NO8S/c1-17(2)22-14-24(36-45(43,44)21-12-10-9-11-13-21)29(38)26-23(22)15-33(7)16-34(8)27(18(3)4)19(5)25(20(6)37)31(40)35(34,42)32(41)28(33)30(26)39/h9-14,17-18,27-28,36,38,42H,15-16H2,1-8H3/t27-,28?,33+,34+,35-/m1/s1. The van der Waals surface area contributed by atoms with E-state index >= 15 is 0 Å². The zero-order valence-electron chi connectivity index (χ0n) is 26.9. The first-order chi connectivity index (χ1) is 20.7. The van der Waals surface area contributed by atoms with Crippen molar-refractivity contribution >= 4 is 38.8 Å². The molecule has 2 aromatic rings. The Kier molecular flexibility index (Phi) is 7.61. The second-order valence-electron chi connectivity index (χ2n) is 14.3. The molecule has 0 aliphatic heterocycles. The highest BCUT2D eigenvalue weighted by atomic mass is 32.2. The Morgan fingerprint density at radius 2 is 1.64 bits per heavy atom. The molecule has 0 saturated heterocycles. The van der Waals surface area contributed by atoms with Crippen LogP contribution < -0.4 is 4.72 Å². The molecule has 1 unspecified atom stereocenters. The molecular formula is C35H41NO8S. The number of Topliss-reactive ketones (excluding diaryl/α,β-unsaturated/α-hetero) is 4.